The van der Waals surface area contributed by atoms with Gasteiger partial charge in [-0.2, -0.15) is 5.10 Å². The number of benzene rings is 1. The number of aromatic nitrogens is 3. The number of H-pyrrole nitrogens is 1. The lowest BCUT2D eigenvalue weighted by Gasteiger charge is -2.32. The van der Waals surface area contributed by atoms with E-state index < -0.39 is 0 Å². The molecular formula is C16H22N6O2. The number of hydrogen-bond donors (Lipinski definition) is 2. The molecule has 2 amide bonds. The lowest BCUT2D eigenvalue weighted by atomic mass is 10.1. The highest BCUT2D eigenvalue weighted by atomic mass is 16.2. The molecule has 0 radical (unpaired) electrons. The maximum Gasteiger partial charge on any atom is 0.343 e. The first-order chi connectivity index (χ1) is 11.6. The van der Waals surface area contributed by atoms with Crippen molar-refractivity contribution in [1.82, 2.24) is 19.7 Å². The summed E-state index contributed by atoms with van der Waals surface area (Å²) in [5.74, 6) is 0. The predicted octanol–water partition coefficient (Wildman–Crippen LogP) is 1.51. The van der Waals surface area contributed by atoms with Gasteiger partial charge in [0.2, 0.25) is 0 Å². The summed E-state index contributed by atoms with van der Waals surface area (Å²) < 4.78 is 1.61. The number of hydrogen-bond acceptors (Lipinski definition) is 4. The van der Waals surface area contributed by atoms with E-state index in [2.05, 4.69) is 15.5 Å². The Morgan fingerprint density at radius 1 is 1.29 bits per heavy atom. The van der Waals surface area contributed by atoms with Crippen molar-refractivity contribution in [2.24, 2.45) is 0 Å². The van der Waals surface area contributed by atoms with E-state index in [0.717, 1.165) is 24.2 Å². The molecule has 0 saturated carbocycles. The number of anilines is 2. The predicted molar refractivity (Wildman–Crippen MR) is 92.5 cm³/mol. The van der Waals surface area contributed by atoms with Crippen LogP contribution in [0.3, 0.4) is 0 Å². The summed E-state index contributed by atoms with van der Waals surface area (Å²) in [5.41, 5.74) is 1.56. The number of carbonyl (C=O) groups is 1. The van der Waals surface area contributed by atoms with Crippen LogP contribution in [0.5, 0.6) is 0 Å². The molecule has 8 nitrogen and oxygen atoms in total. The molecule has 3 rings (SSSR count). The van der Waals surface area contributed by atoms with Gasteiger partial charge in [0.05, 0.1) is 11.4 Å². The van der Waals surface area contributed by atoms with E-state index in [1.54, 1.807) is 9.47 Å². The maximum absolute atomic E-state index is 12.5. The highest BCUT2D eigenvalue weighted by Crippen LogP contribution is 2.25. The normalized spacial score (nSPS) is 15.3. The van der Waals surface area contributed by atoms with Gasteiger partial charge in [0.1, 0.15) is 6.33 Å². The van der Waals surface area contributed by atoms with Crippen molar-refractivity contribution >= 4 is 17.4 Å². The van der Waals surface area contributed by atoms with Gasteiger partial charge in [0.15, 0.2) is 0 Å². The smallest absolute Gasteiger partial charge is 0.343 e. The molecule has 1 fully saturated rings. The number of nitrogens with one attached hydrogen (secondary N) is 2. The number of amides is 2. The zero-order chi connectivity index (χ0) is 17.1. The first kappa shape index (κ1) is 16.1. The number of rotatable bonds is 3. The van der Waals surface area contributed by atoms with Crippen LogP contribution in [0.15, 0.2) is 35.4 Å². The lowest BCUT2D eigenvalue weighted by molar-refractivity contribution is 0.183. The molecule has 1 aliphatic heterocycles. The largest absolute Gasteiger partial charge is 0.376 e. The second-order valence-electron chi connectivity index (χ2n) is 6.13. The molecule has 0 unspecified atom stereocenters. The number of likely N-dealkylation sites (tertiary alicyclic amines) is 1. The van der Waals surface area contributed by atoms with Gasteiger partial charge >= 0.3 is 11.7 Å². The third-order valence-electron chi connectivity index (χ3n) is 4.35. The van der Waals surface area contributed by atoms with E-state index in [1.807, 2.05) is 43.3 Å². The summed E-state index contributed by atoms with van der Waals surface area (Å²) in [5, 5.41) is 9.15. The third-order valence-corrected chi connectivity index (χ3v) is 4.35. The number of nitrogens with zero attached hydrogens (tertiary/aromatic N) is 4. The Balaban J connectivity index is 1.62. The molecule has 24 heavy (non-hydrogen) atoms. The maximum atomic E-state index is 12.5. The quantitative estimate of drug-likeness (QED) is 0.893. The van der Waals surface area contributed by atoms with Crippen LogP contribution < -0.4 is 15.9 Å². The summed E-state index contributed by atoms with van der Waals surface area (Å²) in [6.45, 7) is 1.22. The topological polar surface area (TPSA) is 86.3 Å². The van der Waals surface area contributed by atoms with Gasteiger partial charge < -0.3 is 15.1 Å². The number of urea groups is 1. The highest BCUT2D eigenvalue weighted by Gasteiger charge is 2.25. The molecule has 1 aromatic heterocycles. The van der Waals surface area contributed by atoms with E-state index >= 15 is 0 Å². The second kappa shape index (κ2) is 6.77. The monoisotopic (exact) mass is 330 g/mol. The van der Waals surface area contributed by atoms with Gasteiger partial charge in [0, 0.05) is 33.2 Å². The third kappa shape index (κ3) is 3.27. The second-order valence-corrected chi connectivity index (χ2v) is 6.13. The summed E-state index contributed by atoms with van der Waals surface area (Å²) in [6, 6.07) is 7.69. The molecule has 0 spiro atoms. The molecule has 1 saturated heterocycles. The lowest BCUT2D eigenvalue weighted by Crippen LogP contribution is -2.42. The standard InChI is InChI=1S/C16H22N6O2/c1-20(2)14-6-4-3-5-13(14)18-15(23)21-9-7-12(8-10-21)22-11-17-19-16(22)24/h3-6,11-12H,7-10H2,1-2H3,(H,18,23)(H,19,24). The van der Waals surface area contributed by atoms with Crippen molar-refractivity contribution in [2.45, 2.75) is 18.9 Å². The van der Waals surface area contributed by atoms with E-state index in [9.17, 15) is 9.59 Å². The Morgan fingerprint density at radius 2 is 2.00 bits per heavy atom. The van der Waals surface area contributed by atoms with Crippen LogP contribution in [-0.2, 0) is 0 Å². The van der Waals surface area contributed by atoms with Crippen molar-refractivity contribution in [1.29, 1.82) is 0 Å². The van der Waals surface area contributed by atoms with E-state index in [0.29, 0.717) is 13.1 Å². The Labute approximate surface area is 140 Å². The minimum absolute atomic E-state index is 0.0920. The molecule has 2 N–H and O–H groups in total. The van der Waals surface area contributed by atoms with Gasteiger partial charge in [0.25, 0.3) is 0 Å². The van der Waals surface area contributed by atoms with Gasteiger partial charge in [-0.25, -0.2) is 14.7 Å². The van der Waals surface area contributed by atoms with Crippen molar-refractivity contribution in [3.05, 3.63) is 41.1 Å². The minimum Gasteiger partial charge on any atom is -0.376 e. The van der Waals surface area contributed by atoms with Crippen LogP contribution in [0, 0.1) is 0 Å². The zero-order valence-corrected chi connectivity index (χ0v) is 13.9. The number of carbonyl (C=O) groups excluding carboxylic acids is 1. The fraction of sp³-hybridized carbons (Fsp3) is 0.438. The van der Waals surface area contributed by atoms with Crippen LogP contribution in [0.1, 0.15) is 18.9 Å². The minimum atomic E-state index is -0.196. The molecule has 0 atom stereocenters. The van der Waals surface area contributed by atoms with Gasteiger partial charge in [-0.05, 0) is 25.0 Å². The Morgan fingerprint density at radius 3 is 2.62 bits per heavy atom. The van der Waals surface area contributed by atoms with Crippen LogP contribution >= 0.6 is 0 Å². The van der Waals surface area contributed by atoms with Crippen LogP contribution in [0.2, 0.25) is 0 Å². The first-order valence-electron chi connectivity index (χ1n) is 8.00. The SMILES string of the molecule is CN(C)c1ccccc1NC(=O)N1CCC(n2cn[nH]c2=O)CC1. The molecule has 2 aromatic rings. The summed E-state index contributed by atoms with van der Waals surface area (Å²) >= 11 is 0. The van der Waals surface area contributed by atoms with Crippen molar-refractivity contribution < 1.29 is 4.79 Å². The highest BCUT2D eigenvalue weighted by molar-refractivity contribution is 5.93. The van der Waals surface area contributed by atoms with Crippen LogP contribution in [0.4, 0.5) is 16.2 Å². The Kier molecular flexibility index (Phi) is 4.54. The molecule has 0 bridgehead atoms. The molecule has 128 valence electrons. The average Bonchev–Trinajstić information content (AvgIpc) is 3.01. The van der Waals surface area contributed by atoms with Crippen LogP contribution in [-0.4, -0.2) is 52.9 Å². The molecular weight excluding hydrogens is 308 g/mol. The Bertz CT molecular complexity index is 758. The molecule has 1 aromatic carbocycles. The van der Waals surface area contributed by atoms with Crippen molar-refractivity contribution in [3.63, 3.8) is 0 Å². The fourth-order valence-electron chi connectivity index (χ4n) is 3.03. The van der Waals surface area contributed by atoms with Crippen molar-refractivity contribution in [2.75, 3.05) is 37.4 Å². The van der Waals surface area contributed by atoms with Crippen molar-refractivity contribution in [3.8, 4) is 0 Å². The van der Waals surface area contributed by atoms with E-state index in [4.69, 9.17) is 0 Å². The molecule has 1 aliphatic rings. The van der Waals surface area contributed by atoms with E-state index in [1.165, 1.54) is 6.33 Å². The molecule has 8 heteroatoms. The molecule has 0 aliphatic carbocycles. The van der Waals surface area contributed by atoms with Gasteiger partial charge in [-0.15, -0.1) is 0 Å². The number of aromatic amines is 1. The summed E-state index contributed by atoms with van der Waals surface area (Å²) in [4.78, 5) is 27.9. The number of piperidine rings is 1. The van der Waals surface area contributed by atoms with Gasteiger partial charge in [-0.1, -0.05) is 12.1 Å². The first-order valence-corrected chi connectivity index (χ1v) is 8.00. The summed E-state index contributed by atoms with van der Waals surface area (Å²) in [7, 11) is 3.89. The van der Waals surface area contributed by atoms with E-state index in [-0.39, 0.29) is 17.8 Å². The average molecular weight is 330 g/mol. The number of para-hydroxylation sites is 2. The van der Waals surface area contributed by atoms with Crippen LogP contribution in [0.25, 0.3) is 0 Å². The summed E-state index contributed by atoms with van der Waals surface area (Å²) in [6.07, 6.45) is 3.00. The van der Waals surface area contributed by atoms with Gasteiger partial charge in [-0.3, -0.25) is 4.57 Å². The Hall–Kier alpha value is -2.77. The fourth-order valence-corrected chi connectivity index (χ4v) is 3.03. The zero-order valence-electron chi connectivity index (χ0n) is 13.9. The molecule has 2 heterocycles.